The van der Waals surface area contributed by atoms with Gasteiger partial charge in [-0.3, -0.25) is 14.5 Å². The summed E-state index contributed by atoms with van der Waals surface area (Å²) in [5, 5.41) is 2.96. The number of amides is 2. The summed E-state index contributed by atoms with van der Waals surface area (Å²) in [6.45, 7) is 1.23. The summed E-state index contributed by atoms with van der Waals surface area (Å²) in [6.07, 6.45) is -2.24. The number of ether oxygens (including phenoxy) is 1. The smallest absolute Gasteiger partial charge is 0.367 e. The van der Waals surface area contributed by atoms with E-state index in [0.29, 0.717) is 49.9 Å². The summed E-state index contributed by atoms with van der Waals surface area (Å²) < 4.78 is 40.9. The Hall–Kier alpha value is -2.13. The van der Waals surface area contributed by atoms with Crippen molar-refractivity contribution in [2.75, 3.05) is 39.3 Å². The molecule has 2 fully saturated rings. The molecule has 154 valence electrons. The van der Waals surface area contributed by atoms with Gasteiger partial charge in [-0.25, -0.2) is 0 Å². The fraction of sp³-hybridized carbons (Fsp3) is 0.579. The Balaban J connectivity index is 1.42. The molecule has 1 aliphatic heterocycles. The van der Waals surface area contributed by atoms with Crippen LogP contribution in [0.3, 0.4) is 0 Å². The molecular weight excluding hydrogens is 375 g/mol. The van der Waals surface area contributed by atoms with E-state index in [1.165, 1.54) is 0 Å². The Labute approximate surface area is 161 Å². The van der Waals surface area contributed by atoms with Gasteiger partial charge in [0.05, 0.1) is 13.2 Å². The van der Waals surface area contributed by atoms with Gasteiger partial charge in [-0.1, -0.05) is 12.1 Å². The van der Waals surface area contributed by atoms with Gasteiger partial charge in [-0.2, -0.15) is 13.2 Å². The van der Waals surface area contributed by atoms with E-state index in [9.17, 15) is 22.8 Å². The average molecular weight is 399 g/mol. The third-order valence-electron chi connectivity index (χ3n) is 4.70. The second kappa shape index (κ2) is 8.91. The SMILES string of the molecule is O=C(CN1CCN(C(=O)c2ccc(COCC(F)(F)F)cc2)CC1)NC1CC1. The van der Waals surface area contributed by atoms with Crippen LogP contribution in [-0.4, -0.2) is 73.2 Å². The molecule has 1 heterocycles. The van der Waals surface area contributed by atoms with Crippen LogP contribution in [0.5, 0.6) is 0 Å². The lowest BCUT2D eigenvalue weighted by Gasteiger charge is -2.34. The molecule has 6 nitrogen and oxygen atoms in total. The molecule has 1 aromatic rings. The first-order chi connectivity index (χ1) is 13.3. The van der Waals surface area contributed by atoms with Gasteiger partial charge < -0.3 is 15.0 Å². The van der Waals surface area contributed by atoms with Crippen LogP contribution in [0, 0.1) is 0 Å². The summed E-state index contributed by atoms with van der Waals surface area (Å²) in [6, 6.07) is 6.75. The molecule has 2 aliphatic rings. The van der Waals surface area contributed by atoms with Gasteiger partial charge in [-0.15, -0.1) is 0 Å². The number of halogens is 3. The molecule has 28 heavy (non-hydrogen) atoms. The Morgan fingerprint density at radius 3 is 2.29 bits per heavy atom. The number of nitrogens with one attached hydrogen (secondary N) is 1. The van der Waals surface area contributed by atoms with Crippen molar-refractivity contribution in [1.29, 1.82) is 0 Å². The number of hydrogen-bond donors (Lipinski definition) is 1. The van der Waals surface area contributed by atoms with Crippen molar-refractivity contribution in [2.45, 2.75) is 31.7 Å². The van der Waals surface area contributed by atoms with Crippen molar-refractivity contribution in [1.82, 2.24) is 15.1 Å². The topological polar surface area (TPSA) is 61.9 Å². The highest BCUT2D eigenvalue weighted by atomic mass is 19.4. The molecule has 9 heteroatoms. The molecule has 0 bridgehead atoms. The normalized spacial score (nSPS) is 18.2. The molecular formula is C19H24F3N3O3. The Bertz CT molecular complexity index is 682. The van der Waals surface area contributed by atoms with Gasteiger partial charge in [0, 0.05) is 37.8 Å². The fourth-order valence-corrected chi connectivity index (χ4v) is 3.02. The van der Waals surface area contributed by atoms with Gasteiger partial charge in [-0.05, 0) is 30.5 Å². The van der Waals surface area contributed by atoms with Gasteiger partial charge in [0.2, 0.25) is 5.91 Å². The van der Waals surface area contributed by atoms with Crippen LogP contribution in [0.25, 0.3) is 0 Å². The lowest BCUT2D eigenvalue weighted by Crippen LogP contribution is -2.51. The van der Waals surface area contributed by atoms with Gasteiger partial charge in [0.25, 0.3) is 5.91 Å². The largest absolute Gasteiger partial charge is 0.411 e. The summed E-state index contributed by atoms with van der Waals surface area (Å²) in [5.41, 5.74) is 1.06. The average Bonchev–Trinajstić information content (AvgIpc) is 3.45. The first-order valence-electron chi connectivity index (χ1n) is 9.34. The summed E-state index contributed by atoms with van der Waals surface area (Å²) in [4.78, 5) is 28.2. The van der Waals surface area contributed by atoms with Crippen LogP contribution in [0.15, 0.2) is 24.3 Å². The van der Waals surface area contributed by atoms with Crippen LogP contribution in [0.2, 0.25) is 0 Å². The number of carbonyl (C=O) groups excluding carboxylic acids is 2. The van der Waals surface area contributed by atoms with Gasteiger partial charge >= 0.3 is 6.18 Å². The maximum absolute atomic E-state index is 12.6. The van der Waals surface area contributed by atoms with Crippen LogP contribution in [-0.2, 0) is 16.1 Å². The minimum absolute atomic E-state index is 0.0330. The fourth-order valence-electron chi connectivity index (χ4n) is 3.02. The molecule has 1 saturated carbocycles. The standard InChI is InChI=1S/C19H24F3N3O3/c20-19(21,22)13-28-12-14-1-3-15(4-2-14)18(27)25-9-7-24(8-10-25)11-17(26)23-16-5-6-16/h1-4,16H,5-13H2,(H,23,26). The van der Waals surface area contributed by atoms with E-state index in [4.69, 9.17) is 0 Å². The Morgan fingerprint density at radius 2 is 1.71 bits per heavy atom. The van der Waals surface area contributed by atoms with E-state index in [0.717, 1.165) is 12.8 Å². The van der Waals surface area contributed by atoms with Crippen molar-refractivity contribution in [3.8, 4) is 0 Å². The number of rotatable bonds is 7. The van der Waals surface area contributed by atoms with Gasteiger partial charge in [0.15, 0.2) is 0 Å². The quantitative estimate of drug-likeness (QED) is 0.760. The molecule has 0 unspecified atom stereocenters. The second-order valence-electron chi connectivity index (χ2n) is 7.22. The maximum atomic E-state index is 12.6. The van der Waals surface area contributed by atoms with Crippen molar-refractivity contribution in [2.24, 2.45) is 0 Å². The van der Waals surface area contributed by atoms with Crippen LogP contribution in [0.1, 0.15) is 28.8 Å². The summed E-state index contributed by atoms with van der Waals surface area (Å²) in [7, 11) is 0. The second-order valence-corrected chi connectivity index (χ2v) is 7.22. The lowest BCUT2D eigenvalue weighted by atomic mass is 10.1. The van der Waals surface area contributed by atoms with E-state index in [2.05, 4.69) is 10.1 Å². The third-order valence-corrected chi connectivity index (χ3v) is 4.70. The van der Waals surface area contributed by atoms with E-state index in [-0.39, 0.29) is 18.4 Å². The Kier molecular flexibility index (Phi) is 6.56. The minimum atomic E-state index is -4.35. The molecule has 1 saturated heterocycles. The highest BCUT2D eigenvalue weighted by Gasteiger charge is 2.28. The molecule has 0 aromatic heterocycles. The maximum Gasteiger partial charge on any atom is 0.411 e. The number of piperazine rings is 1. The molecule has 1 aromatic carbocycles. The summed E-state index contributed by atoms with van der Waals surface area (Å²) in [5.74, 6) is -0.0875. The highest BCUT2D eigenvalue weighted by Crippen LogP contribution is 2.19. The predicted molar refractivity (Wildman–Crippen MR) is 95.7 cm³/mol. The molecule has 0 spiro atoms. The molecule has 1 aliphatic carbocycles. The molecule has 1 N–H and O–H groups in total. The van der Waals surface area contributed by atoms with Crippen molar-refractivity contribution < 1.29 is 27.5 Å². The predicted octanol–water partition coefficient (Wildman–Crippen LogP) is 1.80. The van der Waals surface area contributed by atoms with Crippen molar-refractivity contribution in [3.05, 3.63) is 35.4 Å². The molecule has 0 radical (unpaired) electrons. The zero-order valence-corrected chi connectivity index (χ0v) is 15.5. The van der Waals surface area contributed by atoms with E-state index < -0.39 is 12.8 Å². The van der Waals surface area contributed by atoms with Gasteiger partial charge in [0.1, 0.15) is 6.61 Å². The monoisotopic (exact) mass is 399 g/mol. The molecule has 0 atom stereocenters. The van der Waals surface area contributed by atoms with Crippen molar-refractivity contribution >= 4 is 11.8 Å². The zero-order valence-electron chi connectivity index (χ0n) is 15.5. The minimum Gasteiger partial charge on any atom is -0.367 e. The molecule has 3 rings (SSSR count). The van der Waals surface area contributed by atoms with E-state index in [1.807, 2.05) is 4.90 Å². The molecule has 2 amide bonds. The number of nitrogens with zero attached hydrogens (tertiary/aromatic N) is 2. The summed E-state index contributed by atoms with van der Waals surface area (Å²) >= 11 is 0. The number of alkyl halides is 3. The third kappa shape index (κ3) is 6.49. The van der Waals surface area contributed by atoms with Crippen molar-refractivity contribution in [3.63, 3.8) is 0 Å². The Morgan fingerprint density at radius 1 is 1.07 bits per heavy atom. The van der Waals surface area contributed by atoms with Crippen LogP contribution < -0.4 is 5.32 Å². The first kappa shape index (κ1) is 20.6. The first-order valence-corrected chi connectivity index (χ1v) is 9.34. The lowest BCUT2D eigenvalue weighted by molar-refractivity contribution is -0.176. The number of hydrogen-bond acceptors (Lipinski definition) is 4. The van der Waals surface area contributed by atoms with Crippen LogP contribution in [0.4, 0.5) is 13.2 Å². The number of benzene rings is 1. The van der Waals surface area contributed by atoms with Crippen LogP contribution >= 0.6 is 0 Å². The van der Waals surface area contributed by atoms with E-state index >= 15 is 0 Å². The van der Waals surface area contributed by atoms with E-state index in [1.54, 1.807) is 29.2 Å². The zero-order chi connectivity index (χ0) is 20.1. The highest BCUT2D eigenvalue weighted by molar-refractivity contribution is 5.94. The number of carbonyl (C=O) groups is 2.